The van der Waals surface area contributed by atoms with Crippen molar-refractivity contribution >= 4 is 204 Å². The number of carbonyl (C=O) groups excluding carboxylic acids is 4. The lowest BCUT2D eigenvalue weighted by atomic mass is 9.95. The average molecular weight is 1750 g/mol. The molecule has 21 heteroatoms. The Morgan fingerprint density at radius 1 is 0.438 bits per heavy atom. The SMILES string of the molecule is C.Cc1c(CC(=O)NCCCCCCCc2ccc3c4c2cccc4c(=O)n2c4ccccc4nc32)c2cc(CO)ccc2n1C(=O)c1ccc(Cl)cc1.NCCCCCCCc1ccc2c3c1cccc3c(=O)n1c3ccccc3nc21.O=C1OC(=O)c2ccc(Br)c3cccc1c23.O=c1c2cccc3c(Br)ccc(c32)c2nc3ccccc3n12. The van der Waals surface area contributed by atoms with Crippen LogP contribution in [0.4, 0.5) is 0 Å². The highest BCUT2D eigenvalue weighted by Crippen LogP contribution is 2.39. The van der Waals surface area contributed by atoms with Gasteiger partial charge in [0.05, 0.1) is 62.8 Å². The molecule has 18 nitrogen and oxygen atoms in total. The number of amides is 1. The number of cyclic esters (lactones) is 2. The van der Waals surface area contributed by atoms with E-state index in [0.717, 1.165) is 199 Å². The Morgan fingerprint density at radius 2 is 0.868 bits per heavy atom. The number of nitrogens with two attached hydrogens (primary N) is 1. The molecule has 0 saturated heterocycles. The number of unbranched alkanes of at least 4 members (excludes halogenated alkanes) is 8. The number of fused-ring (bicyclic) bond motifs is 13. The second-order valence-electron chi connectivity index (χ2n) is 30.6. The summed E-state index contributed by atoms with van der Waals surface area (Å²) in [5.41, 5.74) is 19.7. The Hall–Kier alpha value is -12.7. The fourth-order valence-corrected chi connectivity index (χ4v) is 18.6. The molecule has 1 aliphatic rings. The second kappa shape index (κ2) is 34.2. The van der Waals surface area contributed by atoms with Crippen LogP contribution in [-0.2, 0) is 35.4 Å². The molecule has 8 heterocycles. The number of ether oxygens (including phenoxy) is 1. The van der Waals surface area contributed by atoms with E-state index in [1.165, 1.54) is 35.8 Å². The summed E-state index contributed by atoms with van der Waals surface area (Å²) >= 11 is 13.0. The number of halogens is 3. The van der Waals surface area contributed by atoms with Crippen molar-refractivity contribution in [1.82, 2.24) is 38.0 Å². The number of hydrogen-bond donors (Lipinski definition) is 3. The van der Waals surface area contributed by atoms with Crippen molar-refractivity contribution in [2.45, 2.75) is 104 Å². The normalized spacial score (nSPS) is 12.1. The van der Waals surface area contributed by atoms with Crippen molar-refractivity contribution in [2.24, 2.45) is 5.73 Å². The molecule has 0 bridgehead atoms. The third kappa shape index (κ3) is 14.7. The van der Waals surface area contributed by atoms with E-state index in [9.17, 15) is 38.7 Å². The molecular weight excluding hydrogens is 1670 g/mol. The minimum atomic E-state index is -0.582. The van der Waals surface area contributed by atoms with Crippen molar-refractivity contribution in [3.63, 3.8) is 0 Å². The fourth-order valence-electron chi connectivity index (χ4n) is 17.6. The number of pyridine rings is 3. The zero-order chi connectivity index (χ0) is 82.6. The number of carbonyl (C=O) groups is 4. The lowest BCUT2D eigenvalue weighted by Gasteiger charge is -2.15. The number of imidazole rings is 3. The van der Waals surface area contributed by atoms with Gasteiger partial charge in [-0.3, -0.25) is 41.7 Å². The maximum absolute atomic E-state index is 13.6. The number of aromatic nitrogens is 7. The van der Waals surface area contributed by atoms with Gasteiger partial charge in [-0.25, -0.2) is 24.5 Å². The molecule has 21 rings (SSSR count). The lowest BCUT2D eigenvalue weighted by Crippen LogP contribution is -2.26. The number of rotatable bonds is 19. The number of nitrogens with zero attached hydrogens (tertiary/aromatic N) is 7. The zero-order valence-electron chi connectivity index (χ0n) is 65.4. The van der Waals surface area contributed by atoms with Crippen molar-refractivity contribution in [1.29, 1.82) is 0 Å². The van der Waals surface area contributed by atoms with Crippen LogP contribution in [0.2, 0.25) is 5.02 Å². The second-order valence-corrected chi connectivity index (χ2v) is 32.7. The van der Waals surface area contributed by atoms with Gasteiger partial charge in [-0.2, -0.15) is 0 Å². The largest absolute Gasteiger partial charge is 0.392 e. The van der Waals surface area contributed by atoms with Crippen LogP contribution in [0.15, 0.2) is 260 Å². The Balaban J connectivity index is 0.000000127. The molecule has 0 atom stereocenters. The summed E-state index contributed by atoms with van der Waals surface area (Å²) < 4.78 is 13.4. The van der Waals surface area contributed by atoms with Gasteiger partial charge in [0.15, 0.2) is 0 Å². The molecular formula is C100H82Br2ClN9O9. The lowest BCUT2D eigenvalue weighted by molar-refractivity contribution is -0.120. The van der Waals surface area contributed by atoms with Crippen LogP contribution >= 0.6 is 43.5 Å². The Bertz CT molecular complexity index is 7690. The van der Waals surface area contributed by atoms with E-state index in [4.69, 9.17) is 27.3 Å². The number of aryl methyl sites for hydroxylation is 2. The molecule has 4 N–H and O–H groups in total. The first-order chi connectivity index (χ1) is 58.6. The highest BCUT2D eigenvalue weighted by molar-refractivity contribution is 9.11. The van der Waals surface area contributed by atoms with Crippen molar-refractivity contribution in [2.75, 3.05) is 13.1 Å². The van der Waals surface area contributed by atoms with Gasteiger partial charge >= 0.3 is 11.9 Å². The third-order valence-corrected chi connectivity index (χ3v) is 25.0. The highest BCUT2D eigenvalue weighted by Gasteiger charge is 2.29. The van der Waals surface area contributed by atoms with Crippen LogP contribution in [0.3, 0.4) is 0 Å². The summed E-state index contributed by atoms with van der Waals surface area (Å²) in [4.78, 5) is 104. The number of hydrogen-bond acceptors (Lipinski definition) is 13. The number of para-hydroxylation sites is 6. The summed E-state index contributed by atoms with van der Waals surface area (Å²) in [6.45, 7) is 3.09. The summed E-state index contributed by atoms with van der Waals surface area (Å²) in [6, 6.07) is 75.0. The van der Waals surface area contributed by atoms with E-state index in [0.29, 0.717) is 50.5 Å². The predicted octanol–water partition coefficient (Wildman–Crippen LogP) is 21.5. The minimum Gasteiger partial charge on any atom is -0.392 e. The maximum atomic E-state index is 13.6. The van der Waals surface area contributed by atoms with Gasteiger partial charge in [0.25, 0.3) is 22.6 Å². The molecule has 0 aliphatic carbocycles. The Morgan fingerprint density at radius 3 is 1.38 bits per heavy atom. The first-order valence-corrected chi connectivity index (χ1v) is 42.4. The van der Waals surface area contributed by atoms with Crippen LogP contribution in [0.1, 0.15) is 131 Å². The molecule has 602 valence electrons. The van der Waals surface area contributed by atoms with Gasteiger partial charge in [-0.15, -0.1) is 0 Å². The minimum absolute atomic E-state index is 0. The van der Waals surface area contributed by atoms with Crippen LogP contribution in [-0.4, -0.2) is 74.7 Å². The zero-order valence-corrected chi connectivity index (χ0v) is 69.3. The summed E-state index contributed by atoms with van der Waals surface area (Å²) in [5, 5.41) is 27.4. The summed E-state index contributed by atoms with van der Waals surface area (Å²) in [5.74, 6) is -1.46. The van der Waals surface area contributed by atoms with Crippen molar-refractivity contribution in [3.05, 3.63) is 326 Å². The molecule has 121 heavy (non-hydrogen) atoms. The first kappa shape index (κ1) is 80.7. The van der Waals surface area contributed by atoms with Gasteiger partial charge in [0.1, 0.15) is 16.9 Å². The molecule has 0 unspecified atom stereocenters. The van der Waals surface area contributed by atoms with Crippen LogP contribution < -0.4 is 27.7 Å². The van der Waals surface area contributed by atoms with Crippen LogP contribution in [0, 0.1) is 6.92 Å². The predicted molar refractivity (Wildman–Crippen MR) is 494 cm³/mol. The Kier molecular flexibility index (Phi) is 22.8. The van der Waals surface area contributed by atoms with E-state index in [1.54, 1.807) is 72.4 Å². The molecule has 1 amide bonds. The Labute approximate surface area is 715 Å². The maximum Gasteiger partial charge on any atom is 0.346 e. The van der Waals surface area contributed by atoms with Crippen molar-refractivity contribution < 1.29 is 29.0 Å². The quantitative estimate of drug-likeness (QED) is 0.0388. The van der Waals surface area contributed by atoms with Gasteiger partial charge < -0.3 is 20.9 Å². The van der Waals surface area contributed by atoms with E-state index >= 15 is 0 Å². The topological polar surface area (TPSA) is 244 Å². The van der Waals surface area contributed by atoms with E-state index in [-0.39, 0.29) is 48.9 Å². The number of benzene rings is 13. The van der Waals surface area contributed by atoms with E-state index in [2.05, 4.69) is 83.3 Å². The monoisotopic (exact) mass is 1750 g/mol. The average Bonchev–Trinajstić information content (AvgIpc) is 1.63. The number of aliphatic hydroxyl groups is 1. The molecule has 0 fully saturated rings. The summed E-state index contributed by atoms with van der Waals surface area (Å²) in [6.07, 6.45) is 13.1. The first-order valence-electron chi connectivity index (χ1n) is 40.4. The van der Waals surface area contributed by atoms with Crippen LogP contribution in [0.25, 0.3) is 136 Å². The molecule has 1 aliphatic heterocycles. The summed E-state index contributed by atoms with van der Waals surface area (Å²) in [7, 11) is 0. The molecule has 0 radical (unpaired) electrons. The molecule has 0 spiro atoms. The third-order valence-electron chi connectivity index (χ3n) is 23.4. The molecule has 20 aromatic rings. The smallest absolute Gasteiger partial charge is 0.346 e. The molecule has 13 aromatic carbocycles. The number of aliphatic hydroxyl groups excluding tert-OH is 1. The van der Waals surface area contributed by atoms with E-state index in [1.807, 2.05) is 153 Å². The van der Waals surface area contributed by atoms with Gasteiger partial charge in [0, 0.05) is 91.0 Å². The van der Waals surface area contributed by atoms with Gasteiger partial charge in [0.2, 0.25) is 5.91 Å². The fraction of sp³-hybridized carbons (Fsp3) is 0.180. The van der Waals surface area contributed by atoms with Gasteiger partial charge in [-0.05, 0) is 217 Å². The highest BCUT2D eigenvalue weighted by atomic mass is 79.9. The van der Waals surface area contributed by atoms with Crippen molar-refractivity contribution in [3.8, 4) is 0 Å². The van der Waals surface area contributed by atoms with Gasteiger partial charge in [-0.1, -0.05) is 205 Å². The van der Waals surface area contributed by atoms with Crippen LogP contribution in [0.5, 0.6) is 0 Å². The number of esters is 2. The van der Waals surface area contributed by atoms with E-state index < -0.39 is 11.9 Å². The molecule has 0 saturated carbocycles. The standard InChI is InChI=1S/C44H39ClN4O4.C25H25N3O.C18H9BrN2O.C12H5BrO3.CH4/c1-27-35(36-24-28(26-50)15-22-38(36)48(27)43(52)30-16-19-31(45)20-17-30)25-40(51)46-23-8-4-2-3-5-10-29-18-21-33-41-32(29)11-9-12-34(41)44(53)49-39-14-7-6-13-37(39)47-42(33)49;26-16-7-3-1-2-4-9-17-14-15-19-23-18(17)10-8-11-20(23)25(29)28-22-13-6-5-12-21(22)27-24(19)28;19-13-9-8-11-16-10(13)4-3-5-12(16)18(22)21-15-7-2-1-6-14(15)20-17(11)21;13-9-5-4-8-10-6(9)2-1-3-7(10)11(14)16-12(8)15;/h6-7,9,11-22,24,50H,2-5,8,10,23,25-26H2,1H3,(H,46,51);5-6,8,10-15H,1-4,7,9,16,26H2;1-9H;1-5H;1H4. The molecule has 7 aromatic heterocycles. The number of nitrogens with one attached hydrogen (secondary N) is 1.